The number of carbonyl (C=O) groups is 1. The predicted molar refractivity (Wildman–Crippen MR) is 93.4 cm³/mol. The third-order valence-electron chi connectivity index (χ3n) is 4.51. The van der Waals surface area contributed by atoms with Crippen LogP contribution in [0.3, 0.4) is 0 Å². The van der Waals surface area contributed by atoms with Gasteiger partial charge in [0, 0.05) is 57.2 Å². The van der Waals surface area contributed by atoms with E-state index in [1.165, 1.54) is 0 Å². The van der Waals surface area contributed by atoms with Crippen LogP contribution in [0.4, 0.5) is 5.95 Å². The summed E-state index contributed by atoms with van der Waals surface area (Å²) in [5.41, 5.74) is 2.28. The maximum atomic E-state index is 12.8. The van der Waals surface area contributed by atoms with Crippen molar-refractivity contribution < 1.29 is 4.79 Å². The van der Waals surface area contributed by atoms with Crippen LogP contribution in [0.15, 0.2) is 30.7 Å². The fourth-order valence-corrected chi connectivity index (χ4v) is 3.17. The molecule has 0 aliphatic carbocycles. The molecule has 0 saturated carbocycles. The first-order chi connectivity index (χ1) is 12.1. The molecular formula is C17H19N7O. The second kappa shape index (κ2) is 6.12. The lowest BCUT2D eigenvalue weighted by atomic mass is 10.1. The SMILES string of the molecule is Cc1nn(C)c2ncc(C(=O)N3CCN(c4ncccn4)CC3)cc12. The Hall–Kier alpha value is -3.03. The number of carbonyl (C=O) groups excluding carboxylic acids is 1. The van der Waals surface area contributed by atoms with Crippen LogP contribution < -0.4 is 4.90 Å². The number of piperazine rings is 1. The van der Waals surface area contributed by atoms with Gasteiger partial charge in [-0.2, -0.15) is 5.10 Å². The summed E-state index contributed by atoms with van der Waals surface area (Å²) in [7, 11) is 1.86. The highest BCUT2D eigenvalue weighted by Gasteiger charge is 2.24. The number of fused-ring (bicyclic) bond motifs is 1. The number of aromatic nitrogens is 5. The topological polar surface area (TPSA) is 80.0 Å². The number of pyridine rings is 1. The minimum Gasteiger partial charge on any atom is -0.337 e. The summed E-state index contributed by atoms with van der Waals surface area (Å²) in [6, 6.07) is 3.69. The molecule has 3 aromatic heterocycles. The number of nitrogens with zero attached hydrogens (tertiary/aromatic N) is 7. The van der Waals surface area contributed by atoms with E-state index in [4.69, 9.17) is 0 Å². The molecule has 0 aromatic carbocycles. The van der Waals surface area contributed by atoms with E-state index in [9.17, 15) is 4.79 Å². The quantitative estimate of drug-likeness (QED) is 0.695. The number of aryl methyl sites for hydroxylation is 2. The molecule has 1 aliphatic heterocycles. The van der Waals surface area contributed by atoms with Gasteiger partial charge < -0.3 is 9.80 Å². The van der Waals surface area contributed by atoms with E-state index in [2.05, 4.69) is 25.0 Å². The van der Waals surface area contributed by atoms with Gasteiger partial charge in [0.1, 0.15) is 0 Å². The van der Waals surface area contributed by atoms with Gasteiger partial charge in [-0.3, -0.25) is 9.48 Å². The van der Waals surface area contributed by atoms with Crippen molar-refractivity contribution in [2.75, 3.05) is 31.1 Å². The van der Waals surface area contributed by atoms with Crippen LogP contribution >= 0.6 is 0 Å². The van der Waals surface area contributed by atoms with Crippen LogP contribution in [0.1, 0.15) is 16.1 Å². The Morgan fingerprint density at radius 1 is 1.08 bits per heavy atom. The van der Waals surface area contributed by atoms with E-state index in [0.29, 0.717) is 24.6 Å². The standard InChI is InChI=1S/C17H19N7O/c1-12-14-10-13(11-20-15(14)22(2)21-12)16(25)23-6-8-24(9-7-23)17-18-4-3-5-19-17/h3-5,10-11H,6-9H2,1-2H3. The molecule has 1 amide bonds. The number of rotatable bonds is 2. The highest BCUT2D eigenvalue weighted by molar-refractivity contribution is 5.97. The number of hydrogen-bond acceptors (Lipinski definition) is 6. The average molecular weight is 337 g/mol. The monoisotopic (exact) mass is 337 g/mol. The van der Waals surface area contributed by atoms with Crippen LogP contribution in [0, 0.1) is 6.92 Å². The van der Waals surface area contributed by atoms with Gasteiger partial charge in [-0.25, -0.2) is 15.0 Å². The zero-order chi connectivity index (χ0) is 17.4. The third kappa shape index (κ3) is 2.79. The van der Waals surface area contributed by atoms with Crippen LogP contribution in [-0.4, -0.2) is 61.7 Å². The summed E-state index contributed by atoms with van der Waals surface area (Å²) >= 11 is 0. The Kier molecular flexibility index (Phi) is 3.79. The van der Waals surface area contributed by atoms with Crippen molar-refractivity contribution in [3.63, 3.8) is 0 Å². The number of anilines is 1. The van der Waals surface area contributed by atoms with Gasteiger partial charge >= 0.3 is 0 Å². The van der Waals surface area contributed by atoms with Gasteiger partial charge in [-0.1, -0.05) is 0 Å². The lowest BCUT2D eigenvalue weighted by Crippen LogP contribution is -2.49. The molecule has 3 aromatic rings. The summed E-state index contributed by atoms with van der Waals surface area (Å²) in [6.07, 6.45) is 5.10. The van der Waals surface area contributed by atoms with Gasteiger partial charge in [-0.05, 0) is 19.1 Å². The second-order valence-corrected chi connectivity index (χ2v) is 6.13. The molecule has 0 spiro atoms. The molecule has 1 aliphatic rings. The smallest absolute Gasteiger partial charge is 0.255 e. The van der Waals surface area contributed by atoms with Gasteiger partial charge in [0.2, 0.25) is 5.95 Å². The summed E-state index contributed by atoms with van der Waals surface area (Å²) in [5, 5.41) is 5.28. The van der Waals surface area contributed by atoms with E-state index in [-0.39, 0.29) is 5.91 Å². The van der Waals surface area contributed by atoms with E-state index in [0.717, 1.165) is 29.8 Å². The van der Waals surface area contributed by atoms with E-state index >= 15 is 0 Å². The summed E-state index contributed by atoms with van der Waals surface area (Å²) < 4.78 is 1.73. The highest BCUT2D eigenvalue weighted by Crippen LogP contribution is 2.18. The molecule has 0 atom stereocenters. The molecule has 0 radical (unpaired) electrons. The summed E-state index contributed by atoms with van der Waals surface area (Å²) in [4.78, 5) is 29.7. The minimum atomic E-state index is 0.00582. The first-order valence-corrected chi connectivity index (χ1v) is 8.24. The predicted octanol–water partition coefficient (Wildman–Crippen LogP) is 1.03. The Balaban J connectivity index is 1.50. The van der Waals surface area contributed by atoms with Gasteiger partial charge in [0.15, 0.2) is 5.65 Å². The normalized spacial score (nSPS) is 15.0. The Morgan fingerprint density at radius 3 is 2.52 bits per heavy atom. The molecule has 25 heavy (non-hydrogen) atoms. The molecule has 8 nitrogen and oxygen atoms in total. The van der Waals surface area contributed by atoms with Crippen LogP contribution in [0.2, 0.25) is 0 Å². The van der Waals surface area contributed by atoms with Gasteiger partial charge in [0.25, 0.3) is 5.91 Å². The zero-order valence-electron chi connectivity index (χ0n) is 14.3. The lowest BCUT2D eigenvalue weighted by Gasteiger charge is -2.34. The molecular weight excluding hydrogens is 318 g/mol. The Morgan fingerprint density at radius 2 is 1.80 bits per heavy atom. The first-order valence-electron chi connectivity index (χ1n) is 8.24. The van der Waals surface area contributed by atoms with Gasteiger partial charge in [0.05, 0.1) is 11.3 Å². The second-order valence-electron chi connectivity index (χ2n) is 6.13. The molecule has 4 heterocycles. The molecule has 0 bridgehead atoms. The maximum absolute atomic E-state index is 12.8. The van der Waals surface area contributed by atoms with E-state index in [1.807, 2.05) is 24.9 Å². The van der Waals surface area contributed by atoms with Crippen molar-refractivity contribution in [2.45, 2.75) is 6.92 Å². The molecule has 128 valence electrons. The Labute approximate surface area is 145 Å². The van der Waals surface area contributed by atoms with Crippen LogP contribution in [0.25, 0.3) is 11.0 Å². The van der Waals surface area contributed by atoms with Crippen molar-refractivity contribution in [3.8, 4) is 0 Å². The van der Waals surface area contributed by atoms with Crippen molar-refractivity contribution in [2.24, 2.45) is 7.05 Å². The molecule has 1 saturated heterocycles. The van der Waals surface area contributed by atoms with E-state index in [1.54, 1.807) is 29.3 Å². The van der Waals surface area contributed by atoms with Crippen molar-refractivity contribution >= 4 is 22.9 Å². The first kappa shape index (κ1) is 15.5. The Bertz CT molecular complexity index is 913. The van der Waals surface area contributed by atoms with Crippen LogP contribution in [-0.2, 0) is 7.05 Å². The summed E-state index contributed by atoms with van der Waals surface area (Å²) in [6.45, 7) is 4.65. The lowest BCUT2D eigenvalue weighted by molar-refractivity contribution is 0.0746. The average Bonchev–Trinajstić information content (AvgIpc) is 2.95. The maximum Gasteiger partial charge on any atom is 0.255 e. The van der Waals surface area contributed by atoms with Crippen molar-refractivity contribution in [1.29, 1.82) is 0 Å². The van der Waals surface area contributed by atoms with Crippen molar-refractivity contribution in [3.05, 3.63) is 42.0 Å². The zero-order valence-corrected chi connectivity index (χ0v) is 14.3. The summed E-state index contributed by atoms with van der Waals surface area (Å²) in [5.74, 6) is 0.718. The number of amides is 1. The fraction of sp³-hybridized carbons (Fsp3) is 0.353. The molecule has 8 heteroatoms. The molecule has 4 rings (SSSR count). The van der Waals surface area contributed by atoms with E-state index < -0.39 is 0 Å². The molecule has 0 unspecified atom stereocenters. The van der Waals surface area contributed by atoms with Crippen LogP contribution in [0.5, 0.6) is 0 Å². The largest absolute Gasteiger partial charge is 0.337 e. The molecule has 0 N–H and O–H groups in total. The molecule has 1 fully saturated rings. The third-order valence-corrected chi connectivity index (χ3v) is 4.51. The van der Waals surface area contributed by atoms with Crippen molar-refractivity contribution in [1.82, 2.24) is 29.6 Å². The number of hydrogen-bond donors (Lipinski definition) is 0. The van der Waals surface area contributed by atoms with Gasteiger partial charge in [-0.15, -0.1) is 0 Å². The minimum absolute atomic E-state index is 0.00582. The fourth-order valence-electron chi connectivity index (χ4n) is 3.17. The highest BCUT2D eigenvalue weighted by atomic mass is 16.2.